The Kier molecular flexibility index (Phi) is 5.29. The minimum atomic E-state index is -0.642. The lowest BCUT2D eigenvalue weighted by atomic mass is 10.1. The fourth-order valence-corrected chi connectivity index (χ4v) is 2.51. The molecule has 2 N–H and O–H groups in total. The molecule has 6 heteroatoms. The third-order valence-corrected chi connectivity index (χ3v) is 3.87. The van der Waals surface area contributed by atoms with Crippen LogP contribution in [0.4, 0.5) is 15.8 Å². The van der Waals surface area contributed by atoms with Gasteiger partial charge in [-0.1, -0.05) is 41.9 Å². The molecule has 0 bridgehead atoms. The summed E-state index contributed by atoms with van der Waals surface area (Å²) in [6, 6.07) is 19.1. The molecule has 0 spiro atoms. The number of nitrogens with one attached hydrogen (secondary N) is 2. The van der Waals surface area contributed by atoms with Gasteiger partial charge in [0, 0.05) is 10.6 Å². The lowest BCUT2D eigenvalue weighted by Crippen LogP contribution is -2.18. The van der Waals surface area contributed by atoms with Crippen LogP contribution in [-0.4, -0.2) is 11.8 Å². The zero-order valence-electron chi connectivity index (χ0n) is 13.5. The normalized spacial score (nSPS) is 10.2. The van der Waals surface area contributed by atoms with Crippen molar-refractivity contribution < 1.29 is 14.0 Å². The molecule has 0 atom stereocenters. The summed E-state index contributed by atoms with van der Waals surface area (Å²) in [7, 11) is 0. The monoisotopic (exact) mass is 368 g/mol. The van der Waals surface area contributed by atoms with E-state index in [-0.39, 0.29) is 22.2 Å². The standard InChI is InChI=1S/C20H14ClFN2O2/c21-14-10-11-18(16(22)12-14)24-20(26)15-8-4-5-9-17(15)23-19(25)13-6-2-1-3-7-13/h1-12H,(H,23,25)(H,24,26). The van der Waals surface area contributed by atoms with Gasteiger partial charge in [-0.05, 0) is 42.5 Å². The van der Waals surface area contributed by atoms with Crippen molar-refractivity contribution in [3.8, 4) is 0 Å². The second-order valence-corrected chi connectivity index (χ2v) is 5.88. The van der Waals surface area contributed by atoms with Crippen molar-refractivity contribution in [3.63, 3.8) is 0 Å². The van der Waals surface area contributed by atoms with Crippen LogP contribution in [0.3, 0.4) is 0 Å². The number of carbonyl (C=O) groups excluding carboxylic acids is 2. The fourth-order valence-electron chi connectivity index (χ4n) is 2.35. The summed E-state index contributed by atoms with van der Waals surface area (Å²) in [6.07, 6.45) is 0. The summed E-state index contributed by atoms with van der Waals surface area (Å²) in [5, 5.41) is 5.42. The first-order valence-corrected chi connectivity index (χ1v) is 8.14. The number of halogens is 2. The van der Waals surface area contributed by atoms with E-state index in [1.54, 1.807) is 54.6 Å². The van der Waals surface area contributed by atoms with Crippen LogP contribution < -0.4 is 10.6 Å². The van der Waals surface area contributed by atoms with Crippen LogP contribution in [0.15, 0.2) is 72.8 Å². The quantitative estimate of drug-likeness (QED) is 0.682. The average Bonchev–Trinajstić information content (AvgIpc) is 2.65. The van der Waals surface area contributed by atoms with E-state index < -0.39 is 11.7 Å². The van der Waals surface area contributed by atoms with Crippen molar-refractivity contribution in [3.05, 3.63) is 94.8 Å². The van der Waals surface area contributed by atoms with Gasteiger partial charge in [-0.3, -0.25) is 9.59 Å². The van der Waals surface area contributed by atoms with Crippen molar-refractivity contribution in [1.29, 1.82) is 0 Å². The molecule has 0 saturated carbocycles. The Bertz CT molecular complexity index is 961. The molecule has 0 aliphatic carbocycles. The van der Waals surface area contributed by atoms with Crippen molar-refractivity contribution in [1.82, 2.24) is 0 Å². The molecule has 2 amide bonds. The third kappa shape index (κ3) is 4.07. The number of carbonyl (C=O) groups is 2. The topological polar surface area (TPSA) is 58.2 Å². The second-order valence-electron chi connectivity index (χ2n) is 5.44. The number of amides is 2. The van der Waals surface area contributed by atoms with E-state index in [1.807, 2.05) is 0 Å². The molecule has 0 unspecified atom stereocenters. The Morgan fingerprint density at radius 2 is 1.42 bits per heavy atom. The maximum Gasteiger partial charge on any atom is 0.257 e. The molecule has 0 aliphatic rings. The van der Waals surface area contributed by atoms with Crippen LogP contribution in [0.2, 0.25) is 5.02 Å². The van der Waals surface area contributed by atoms with Crippen LogP contribution in [0.5, 0.6) is 0 Å². The number of para-hydroxylation sites is 1. The molecule has 4 nitrogen and oxygen atoms in total. The molecule has 3 rings (SSSR count). The van der Waals surface area contributed by atoms with Gasteiger partial charge in [0.25, 0.3) is 11.8 Å². The first-order chi connectivity index (χ1) is 12.5. The van der Waals surface area contributed by atoms with Crippen molar-refractivity contribution in [2.75, 3.05) is 10.6 Å². The average molecular weight is 369 g/mol. The summed E-state index contributed by atoms with van der Waals surface area (Å²) in [5.41, 5.74) is 1.01. The highest BCUT2D eigenvalue weighted by atomic mass is 35.5. The maximum absolute atomic E-state index is 13.9. The smallest absolute Gasteiger partial charge is 0.257 e. The molecule has 26 heavy (non-hydrogen) atoms. The highest BCUT2D eigenvalue weighted by molar-refractivity contribution is 6.30. The highest BCUT2D eigenvalue weighted by Crippen LogP contribution is 2.22. The van der Waals surface area contributed by atoms with Crippen molar-refractivity contribution >= 4 is 34.8 Å². The largest absolute Gasteiger partial charge is 0.321 e. The van der Waals surface area contributed by atoms with Crippen LogP contribution in [0.1, 0.15) is 20.7 Å². The summed E-state index contributed by atoms with van der Waals surface area (Å²) >= 11 is 5.71. The van der Waals surface area contributed by atoms with E-state index in [1.165, 1.54) is 12.1 Å². The first kappa shape index (κ1) is 17.6. The van der Waals surface area contributed by atoms with Gasteiger partial charge in [0.05, 0.1) is 16.9 Å². The lowest BCUT2D eigenvalue weighted by molar-refractivity contribution is 0.102. The van der Waals surface area contributed by atoms with Gasteiger partial charge >= 0.3 is 0 Å². The molecular weight excluding hydrogens is 355 g/mol. The Labute approximate surface area is 154 Å². The SMILES string of the molecule is O=C(Nc1ccccc1C(=O)Nc1ccc(Cl)cc1F)c1ccccc1. The zero-order valence-corrected chi connectivity index (χ0v) is 14.3. The second kappa shape index (κ2) is 7.80. The van der Waals surface area contributed by atoms with Gasteiger partial charge in [-0.25, -0.2) is 4.39 Å². The predicted molar refractivity (Wildman–Crippen MR) is 100 cm³/mol. The van der Waals surface area contributed by atoms with E-state index in [0.717, 1.165) is 6.07 Å². The molecule has 0 radical (unpaired) electrons. The molecule has 130 valence electrons. The molecule has 0 aromatic heterocycles. The van der Waals surface area contributed by atoms with Gasteiger partial charge < -0.3 is 10.6 Å². The van der Waals surface area contributed by atoms with Crippen molar-refractivity contribution in [2.24, 2.45) is 0 Å². The Morgan fingerprint density at radius 3 is 2.15 bits per heavy atom. The summed E-state index contributed by atoms with van der Waals surface area (Å²) < 4.78 is 13.9. The Hall–Kier alpha value is -3.18. The van der Waals surface area contributed by atoms with E-state index in [2.05, 4.69) is 10.6 Å². The van der Waals surface area contributed by atoms with E-state index in [4.69, 9.17) is 11.6 Å². The van der Waals surface area contributed by atoms with E-state index in [0.29, 0.717) is 11.3 Å². The first-order valence-electron chi connectivity index (χ1n) is 7.76. The van der Waals surface area contributed by atoms with Gasteiger partial charge in [0.2, 0.25) is 0 Å². The summed E-state index contributed by atoms with van der Waals surface area (Å²) in [4.78, 5) is 24.8. The molecule has 3 aromatic carbocycles. The Balaban J connectivity index is 1.82. The fraction of sp³-hybridized carbons (Fsp3) is 0. The number of anilines is 2. The van der Waals surface area contributed by atoms with Gasteiger partial charge in [0.1, 0.15) is 5.82 Å². The number of benzene rings is 3. The van der Waals surface area contributed by atoms with Crippen LogP contribution >= 0.6 is 11.6 Å². The Morgan fingerprint density at radius 1 is 0.769 bits per heavy atom. The minimum Gasteiger partial charge on any atom is -0.321 e. The highest BCUT2D eigenvalue weighted by Gasteiger charge is 2.15. The van der Waals surface area contributed by atoms with Crippen molar-refractivity contribution in [2.45, 2.75) is 0 Å². The van der Waals surface area contributed by atoms with E-state index in [9.17, 15) is 14.0 Å². The molecular formula is C20H14ClFN2O2. The third-order valence-electron chi connectivity index (χ3n) is 3.64. The van der Waals surface area contributed by atoms with Crippen LogP contribution in [0, 0.1) is 5.82 Å². The van der Waals surface area contributed by atoms with E-state index >= 15 is 0 Å². The molecule has 0 fully saturated rings. The number of rotatable bonds is 4. The predicted octanol–water partition coefficient (Wildman–Crippen LogP) is 4.98. The maximum atomic E-state index is 13.9. The summed E-state index contributed by atoms with van der Waals surface area (Å²) in [6.45, 7) is 0. The molecule has 0 heterocycles. The number of hydrogen-bond acceptors (Lipinski definition) is 2. The van der Waals surface area contributed by atoms with Gasteiger partial charge in [0.15, 0.2) is 0 Å². The zero-order chi connectivity index (χ0) is 18.5. The number of hydrogen-bond donors (Lipinski definition) is 2. The molecule has 3 aromatic rings. The van der Waals surface area contributed by atoms with Crippen LogP contribution in [0.25, 0.3) is 0 Å². The van der Waals surface area contributed by atoms with Gasteiger partial charge in [-0.2, -0.15) is 0 Å². The minimum absolute atomic E-state index is 0.00332. The summed E-state index contributed by atoms with van der Waals surface area (Å²) in [5.74, 6) is -1.53. The lowest BCUT2D eigenvalue weighted by Gasteiger charge is -2.12. The molecule has 0 aliphatic heterocycles. The van der Waals surface area contributed by atoms with Gasteiger partial charge in [-0.15, -0.1) is 0 Å². The van der Waals surface area contributed by atoms with Crippen LogP contribution in [-0.2, 0) is 0 Å². The molecule has 0 saturated heterocycles.